The zero-order valence-electron chi connectivity index (χ0n) is 20.9. The van der Waals surface area contributed by atoms with Crippen LogP contribution >= 0.6 is 11.6 Å². The third-order valence-corrected chi connectivity index (χ3v) is 6.77. The summed E-state index contributed by atoms with van der Waals surface area (Å²) in [4.78, 5) is 32.8. The molecule has 0 spiro atoms. The smallest absolute Gasteiger partial charge is 0.254 e. The van der Waals surface area contributed by atoms with Crippen LogP contribution in [0.1, 0.15) is 48.5 Å². The van der Waals surface area contributed by atoms with Crippen LogP contribution in [0.15, 0.2) is 85.1 Å². The molecule has 1 aliphatic rings. The average molecular weight is 513 g/mol. The minimum absolute atomic E-state index is 0.0497. The predicted molar refractivity (Wildman–Crippen MR) is 147 cm³/mol. The normalized spacial score (nSPS) is 13.0. The molecule has 0 aliphatic heterocycles. The van der Waals surface area contributed by atoms with Gasteiger partial charge < -0.3 is 4.90 Å². The van der Waals surface area contributed by atoms with Crippen molar-refractivity contribution in [3.05, 3.63) is 101 Å². The number of benzene rings is 3. The topological polar surface area (TPSA) is 67.2 Å². The van der Waals surface area contributed by atoms with E-state index in [1.54, 1.807) is 29.2 Å². The van der Waals surface area contributed by atoms with Crippen molar-refractivity contribution < 1.29 is 9.59 Å². The van der Waals surface area contributed by atoms with Gasteiger partial charge in [-0.1, -0.05) is 67.9 Å². The lowest BCUT2D eigenvalue weighted by molar-refractivity contribution is -0.117. The molecule has 0 bridgehead atoms. The van der Waals surface area contributed by atoms with E-state index in [0.29, 0.717) is 22.5 Å². The summed E-state index contributed by atoms with van der Waals surface area (Å²) in [5.74, 6) is 0.365. The molecule has 1 aromatic heterocycles. The van der Waals surface area contributed by atoms with E-state index < -0.39 is 0 Å². The van der Waals surface area contributed by atoms with Gasteiger partial charge in [0.05, 0.1) is 5.69 Å². The van der Waals surface area contributed by atoms with Gasteiger partial charge in [0.2, 0.25) is 11.9 Å². The number of carbonyl (C=O) groups is 2. The maximum atomic E-state index is 13.2. The predicted octanol–water partition coefficient (Wildman–Crippen LogP) is 6.56. The molecule has 0 radical (unpaired) electrons. The Bertz CT molecular complexity index is 1390. The molecule has 6 nitrogen and oxygen atoms in total. The second-order valence-electron chi connectivity index (χ2n) is 9.65. The molecule has 1 N–H and O–H groups in total. The zero-order valence-corrected chi connectivity index (χ0v) is 21.7. The van der Waals surface area contributed by atoms with Crippen LogP contribution in [0.2, 0.25) is 5.02 Å². The summed E-state index contributed by atoms with van der Waals surface area (Å²) in [6.45, 7) is 4.26. The number of carbonyl (C=O) groups excluding carboxylic acids is 2. The summed E-state index contributed by atoms with van der Waals surface area (Å²) in [6, 6.07) is 24.9. The number of nitrogens with one attached hydrogen (secondary N) is 1. The van der Waals surface area contributed by atoms with Crippen LogP contribution in [0.5, 0.6) is 0 Å². The van der Waals surface area contributed by atoms with Gasteiger partial charge in [-0.3, -0.25) is 19.5 Å². The maximum Gasteiger partial charge on any atom is 0.254 e. The number of imidazole rings is 1. The molecule has 188 valence electrons. The number of aromatic nitrogens is 2. The van der Waals surface area contributed by atoms with Gasteiger partial charge >= 0.3 is 0 Å². The molecule has 1 aliphatic carbocycles. The lowest BCUT2D eigenvalue weighted by Crippen LogP contribution is -2.39. The fourth-order valence-electron chi connectivity index (χ4n) is 4.26. The molecule has 0 atom stereocenters. The highest BCUT2D eigenvalue weighted by Gasteiger charge is 2.34. The van der Waals surface area contributed by atoms with Crippen molar-refractivity contribution in [1.82, 2.24) is 14.5 Å². The molecular formula is C30H29ClN4O2. The molecule has 0 unspecified atom stereocenters. The lowest BCUT2D eigenvalue weighted by atomic mass is 10.0. The minimum Gasteiger partial charge on any atom is -0.326 e. The monoisotopic (exact) mass is 512 g/mol. The second-order valence-corrected chi connectivity index (χ2v) is 10.1. The van der Waals surface area contributed by atoms with Crippen LogP contribution in [0, 0.1) is 0 Å². The number of amides is 2. The fraction of sp³-hybridized carbons (Fsp3) is 0.233. The molecular weight excluding hydrogens is 484 g/mol. The standard InChI is InChI=1S/C30H29ClN4O2/c1-20(2)21-10-14-26(15-11-21)35-18-27(22-6-4-3-5-7-22)32-30(35)33-28(36)19-34(25-16-17-25)29(37)23-8-12-24(31)13-9-23/h3-15,18,20,25H,16-17,19H2,1-2H3,(H,32,33,36). The Kier molecular flexibility index (Phi) is 7.10. The largest absolute Gasteiger partial charge is 0.326 e. The van der Waals surface area contributed by atoms with Gasteiger partial charge in [0, 0.05) is 34.1 Å². The van der Waals surface area contributed by atoms with E-state index in [0.717, 1.165) is 29.8 Å². The van der Waals surface area contributed by atoms with Crippen LogP contribution in [0.25, 0.3) is 16.9 Å². The first-order chi connectivity index (χ1) is 17.9. The van der Waals surface area contributed by atoms with Crippen molar-refractivity contribution in [1.29, 1.82) is 0 Å². The average Bonchev–Trinajstić information content (AvgIpc) is 3.67. The Morgan fingerprint density at radius 1 is 1.00 bits per heavy atom. The summed E-state index contributed by atoms with van der Waals surface area (Å²) < 4.78 is 1.88. The summed E-state index contributed by atoms with van der Waals surface area (Å²) in [5, 5.41) is 3.53. The van der Waals surface area contributed by atoms with Crippen LogP contribution < -0.4 is 5.32 Å². The number of anilines is 1. The lowest BCUT2D eigenvalue weighted by Gasteiger charge is -2.22. The Hall–Kier alpha value is -3.90. The van der Waals surface area contributed by atoms with Gasteiger partial charge in [0.25, 0.3) is 5.91 Å². The van der Waals surface area contributed by atoms with Crippen molar-refractivity contribution in [2.75, 3.05) is 11.9 Å². The van der Waals surface area contributed by atoms with E-state index >= 15 is 0 Å². The van der Waals surface area contributed by atoms with Crippen molar-refractivity contribution in [3.8, 4) is 16.9 Å². The van der Waals surface area contributed by atoms with Gasteiger partial charge in [-0.05, 0) is 60.7 Å². The van der Waals surface area contributed by atoms with Crippen LogP contribution in [0.3, 0.4) is 0 Å². The summed E-state index contributed by atoms with van der Waals surface area (Å²) in [5.41, 5.74) is 4.35. The third kappa shape index (κ3) is 5.75. The van der Waals surface area contributed by atoms with Crippen LogP contribution in [-0.2, 0) is 4.79 Å². The fourth-order valence-corrected chi connectivity index (χ4v) is 4.39. The summed E-state index contributed by atoms with van der Waals surface area (Å²) in [6.07, 6.45) is 3.70. The molecule has 4 aromatic rings. The van der Waals surface area contributed by atoms with E-state index in [4.69, 9.17) is 16.6 Å². The number of nitrogens with zero attached hydrogens (tertiary/aromatic N) is 3. The van der Waals surface area contributed by atoms with E-state index in [1.807, 2.05) is 53.2 Å². The van der Waals surface area contributed by atoms with E-state index in [9.17, 15) is 9.59 Å². The maximum absolute atomic E-state index is 13.2. The number of halogens is 1. The van der Waals surface area contributed by atoms with Gasteiger partial charge in [0.15, 0.2) is 0 Å². The Labute approximate surface area is 221 Å². The molecule has 37 heavy (non-hydrogen) atoms. The van der Waals surface area contributed by atoms with Gasteiger partial charge in [-0.25, -0.2) is 4.98 Å². The Morgan fingerprint density at radius 2 is 1.68 bits per heavy atom. The highest BCUT2D eigenvalue weighted by Crippen LogP contribution is 2.29. The Balaban J connectivity index is 1.41. The third-order valence-electron chi connectivity index (χ3n) is 6.52. The molecule has 1 fully saturated rings. The first-order valence-electron chi connectivity index (χ1n) is 12.5. The molecule has 7 heteroatoms. The molecule has 1 heterocycles. The summed E-state index contributed by atoms with van der Waals surface area (Å²) in [7, 11) is 0. The molecule has 3 aromatic carbocycles. The molecule has 1 saturated carbocycles. The first kappa shape index (κ1) is 24.8. The number of rotatable bonds is 8. The Morgan fingerprint density at radius 3 is 2.30 bits per heavy atom. The SMILES string of the molecule is CC(C)c1ccc(-n2cc(-c3ccccc3)nc2NC(=O)CN(C(=O)c2ccc(Cl)cc2)C2CC2)cc1. The van der Waals surface area contributed by atoms with E-state index in [2.05, 4.69) is 31.3 Å². The molecule has 2 amide bonds. The number of hydrogen-bond donors (Lipinski definition) is 1. The second kappa shape index (κ2) is 10.6. The summed E-state index contributed by atoms with van der Waals surface area (Å²) >= 11 is 5.98. The first-order valence-corrected chi connectivity index (χ1v) is 12.9. The number of hydrogen-bond acceptors (Lipinski definition) is 3. The van der Waals surface area contributed by atoms with Crippen molar-refractivity contribution in [2.45, 2.75) is 38.6 Å². The van der Waals surface area contributed by atoms with Crippen LogP contribution in [-0.4, -0.2) is 38.9 Å². The van der Waals surface area contributed by atoms with Crippen molar-refractivity contribution in [3.63, 3.8) is 0 Å². The minimum atomic E-state index is -0.292. The molecule has 5 rings (SSSR count). The zero-order chi connectivity index (χ0) is 25.9. The van der Waals surface area contributed by atoms with E-state index in [-0.39, 0.29) is 24.4 Å². The highest BCUT2D eigenvalue weighted by molar-refractivity contribution is 6.30. The van der Waals surface area contributed by atoms with Gasteiger partial charge in [0.1, 0.15) is 6.54 Å². The quantitative estimate of drug-likeness (QED) is 0.291. The molecule has 0 saturated heterocycles. The van der Waals surface area contributed by atoms with E-state index in [1.165, 1.54) is 5.56 Å². The van der Waals surface area contributed by atoms with Gasteiger partial charge in [-0.15, -0.1) is 0 Å². The van der Waals surface area contributed by atoms with Crippen LogP contribution in [0.4, 0.5) is 5.95 Å². The highest BCUT2D eigenvalue weighted by atomic mass is 35.5. The van der Waals surface area contributed by atoms with Crippen molar-refractivity contribution >= 4 is 29.4 Å². The van der Waals surface area contributed by atoms with Crippen molar-refractivity contribution in [2.24, 2.45) is 0 Å². The van der Waals surface area contributed by atoms with Gasteiger partial charge in [-0.2, -0.15) is 0 Å².